The molecule has 3 nitrogen and oxygen atoms in total. The SMILES string of the molecule is O=C(NCCc1ccccc1F)C1CCCCCN1. The van der Waals surface area contributed by atoms with Gasteiger partial charge in [0.25, 0.3) is 0 Å². The van der Waals surface area contributed by atoms with E-state index in [4.69, 9.17) is 0 Å². The number of amides is 1. The monoisotopic (exact) mass is 264 g/mol. The fourth-order valence-electron chi connectivity index (χ4n) is 2.40. The predicted octanol–water partition coefficient (Wildman–Crippen LogP) is 2.02. The molecule has 1 saturated heterocycles. The zero-order valence-electron chi connectivity index (χ0n) is 11.1. The van der Waals surface area contributed by atoms with Crippen molar-refractivity contribution in [1.82, 2.24) is 10.6 Å². The van der Waals surface area contributed by atoms with E-state index in [9.17, 15) is 9.18 Å². The molecular weight excluding hydrogens is 243 g/mol. The highest BCUT2D eigenvalue weighted by molar-refractivity contribution is 5.81. The first-order chi connectivity index (χ1) is 9.27. The maximum Gasteiger partial charge on any atom is 0.237 e. The van der Waals surface area contributed by atoms with Crippen LogP contribution in [0.15, 0.2) is 24.3 Å². The Bertz CT molecular complexity index is 414. The summed E-state index contributed by atoms with van der Waals surface area (Å²) in [4.78, 5) is 12.0. The molecule has 1 aromatic rings. The van der Waals surface area contributed by atoms with Crippen LogP contribution in [0.5, 0.6) is 0 Å². The molecule has 1 aliphatic heterocycles. The topological polar surface area (TPSA) is 41.1 Å². The van der Waals surface area contributed by atoms with Gasteiger partial charge in [-0.3, -0.25) is 4.79 Å². The molecule has 1 fully saturated rings. The van der Waals surface area contributed by atoms with Crippen LogP contribution in [-0.2, 0) is 11.2 Å². The Labute approximate surface area is 113 Å². The van der Waals surface area contributed by atoms with E-state index in [-0.39, 0.29) is 17.8 Å². The standard InChI is InChI=1S/C15H21FN2O/c16-13-7-4-3-6-12(13)9-11-18-15(19)14-8-2-1-5-10-17-14/h3-4,6-7,14,17H,1-2,5,8-11H2,(H,18,19). The van der Waals surface area contributed by atoms with Gasteiger partial charge in [0.15, 0.2) is 0 Å². The highest BCUT2D eigenvalue weighted by atomic mass is 19.1. The number of rotatable bonds is 4. The summed E-state index contributed by atoms with van der Waals surface area (Å²) in [6.07, 6.45) is 4.85. The van der Waals surface area contributed by atoms with Crippen LogP contribution < -0.4 is 10.6 Å². The Kier molecular flexibility index (Phi) is 5.33. The molecule has 1 aromatic carbocycles. The highest BCUT2D eigenvalue weighted by Gasteiger charge is 2.18. The van der Waals surface area contributed by atoms with Crippen molar-refractivity contribution in [3.63, 3.8) is 0 Å². The second-order valence-electron chi connectivity index (χ2n) is 4.99. The van der Waals surface area contributed by atoms with Crippen LogP contribution in [0.2, 0.25) is 0 Å². The van der Waals surface area contributed by atoms with Crippen LogP contribution in [0.3, 0.4) is 0 Å². The van der Waals surface area contributed by atoms with E-state index in [0.717, 1.165) is 25.8 Å². The molecule has 0 spiro atoms. The second-order valence-corrected chi connectivity index (χ2v) is 4.99. The lowest BCUT2D eigenvalue weighted by Crippen LogP contribution is -2.44. The average molecular weight is 264 g/mol. The minimum atomic E-state index is -0.204. The second kappa shape index (κ2) is 7.24. The molecule has 0 saturated carbocycles. The van der Waals surface area contributed by atoms with Crippen molar-refractivity contribution in [2.45, 2.75) is 38.1 Å². The number of nitrogens with one attached hydrogen (secondary N) is 2. The summed E-state index contributed by atoms with van der Waals surface area (Å²) in [6.45, 7) is 1.39. The van der Waals surface area contributed by atoms with E-state index < -0.39 is 0 Å². The highest BCUT2D eigenvalue weighted by Crippen LogP contribution is 2.09. The first kappa shape index (κ1) is 14.0. The van der Waals surface area contributed by atoms with Crippen molar-refractivity contribution in [2.24, 2.45) is 0 Å². The minimum Gasteiger partial charge on any atom is -0.354 e. The molecule has 1 amide bonds. The molecule has 1 atom stereocenters. The fourth-order valence-corrected chi connectivity index (χ4v) is 2.40. The van der Waals surface area contributed by atoms with Gasteiger partial charge in [-0.05, 0) is 37.4 Å². The summed E-state index contributed by atoms with van der Waals surface area (Å²) in [5.74, 6) is -0.164. The Hall–Kier alpha value is -1.42. The van der Waals surface area contributed by atoms with E-state index in [1.165, 1.54) is 12.5 Å². The average Bonchev–Trinajstić information content (AvgIpc) is 2.70. The van der Waals surface area contributed by atoms with E-state index >= 15 is 0 Å². The fraction of sp³-hybridized carbons (Fsp3) is 0.533. The zero-order chi connectivity index (χ0) is 13.5. The van der Waals surface area contributed by atoms with E-state index in [1.807, 2.05) is 6.07 Å². The first-order valence-corrected chi connectivity index (χ1v) is 7.02. The van der Waals surface area contributed by atoms with Crippen molar-refractivity contribution < 1.29 is 9.18 Å². The van der Waals surface area contributed by atoms with Crippen LogP contribution in [0.1, 0.15) is 31.2 Å². The van der Waals surface area contributed by atoms with Gasteiger partial charge >= 0.3 is 0 Å². The summed E-state index contributed by atoms with van der Waals surface area (Å²) >= 11 is 0. The van der Waals surface area contributed by atoms with Crippen molar-refractivity contribution in [3.8, 4) is 0 Å². The van der Waals surface area contributed by atoms with Crippen LogP contribution in [-0.4, -0.2) is 25.0 Å². The summed E-state index contributed by atoms with van der Waals surface area (Å²) in [5.41, 5.74) is 0.650. The molecule has 19 heavy (non-hydrogen) atoms. The quantitative estimate of drug-likeness (QED) is 0.873. The van der Waals surface area contributed by atoms with Gasteiger partial charge in [-0.25, -0.2) is 4.39 Å². The van der Waals surface area contributed by atoms with Gasteiger partial charge in [0.2, 0.25) is 5.91 Å². The van der Waals surface area contributed by atoms with E-state index in [2.05, 4.69) is 10.6 Å². The molecule has 0 bridgehead atoms. The summed E-state index contributed by atoms with van der Waals surface area (Å²) in [5, 5.41) is 6.14. The number of benzene rings is 1. The number of hydrogen-bond donors (Lipinski definition) is 2. The molecule has 4 heteroatoms. The lowest BCUT2D eigenvalue weighted by atomic mass is 10.1. The lowest BCUT2D eigenvalue weighted by molar-refractivity contribution is -0.123. The normalized spacial score (nSPS) is 19.7. The van der Waals surface area contributed by atoms with Gasteiger partial charge in [-0.1, -0.05) is 31.0 Å². The maximum atomic E-state index is 13.4. The molecule has 0 aromatic heterocycles. The third-order valence-electron chi connectivity index (χ3n) is 3.53. The van der Waals surface area contributed by atoms with Crippen molar-refractivity contribution in [1.29, 1.82) is 0 Å². The first-order valence-electron chi connectivity index (χ1n) is 7.02. The Morgan fingerprint density at radius 1 is 1.32 bits per heavy atom. The molecule has 104 valence electrons. The predicted molar refractivity (Wildman–Crippen MR) is 73.4 cm³/mol. The van der Waals surface area contributed by atoms with Gasteiger partial charge in [0.05, 0.1) is 6.04 Å². The van der Waals surface area contributed by atoms with E-state index in [0.29, 0.717) is 18.5 Å². The molecule has 1 aliphatic rings. The number of hydrogen-bond acceptors (Lipinski definition) is 2. The molecule has 0 radical (unpaired) electrons. The van der Waals surface area contributed by atoms with Crippen LogP contribution in [0.25, 0.3) is 0 Å². The number of carbonyl (C=O) groups is 1. The molecular formula is C15H21FN2O. The van der Waals surface area contributed by atoms with Crippen molar-refractivity contribution >= 4 is 5.91 Å². The van der Waals surface area contributed by atoms with Gasteiger partial charge in [0, 0.05) is 6.54 Å². The van der Waals surface area contributed by atoms with E-state index in [1.54, 1.807) is 12.1 Å². The van der Waals surface area contributed by atoms with Crippen molar-refractivity contribution in [2.75, 3.05) is 13.1 Å². The summed E-state index contributed by atoms with van der Waals surface area (Å²) in [7, 11) is 0. The summed E-state index contributed by atoms with van der Waals surface area (Å²) in [6, 6.07) is 6.61. The van der Waals surface area contributed by atoms with Crippen LogP contribution in [0.4, 0.5) is 4.39 Å². The third-order valence-corrected chi connectivity index (χ3v) is 3.53. The smallest absolute Gasteiger partial charge is 0.237 e. The third kappa shape index (κ3) is 4.31. The summed E-state index contributed by atoms with van der Waals surface area (Å²) < 4.78 is 13.4. The Morgan fingerprint density at radius 2 is 2.16 bits per heavy atom. The van der Waals surface area contributed by atoms with Gasteiger partial charge < -0.3 is 10.6 Å². The number of halogens is 1. The molecule has 1 unspecified atom stereocenters. The lowest BCUT2D eigenvalue weighted by Gasteiger charge is -2.15. The molecule has 1 heterocycles. The largest absolute Gasteiger partial charge is 0.354 e. The molecule has 2 rings (SSSR count). The Balaban J connectivity index is 1.76. The van der Waals surface area contributed by atoms with Gasteiger partial charge in [-0.15, -0.1) is 0 Å². The Morgan fingerprint density at radius 3 is 3.00 bits per heavy atom. The van der Waals surface area contributed by atoms with Crippen LogP contribution in [0, 0.1) is 5.82 Å². The van der Waals surface area contributed by atoms with Gasteiger partial charge in [-0.2, -0.15) is 0 Å². The number of carbonyl (C=O) groups excluding carboxylic acids is 1. The van der Waals surface area contributed by atoms with Crippen LogP contribution >= 0.6 is 0 Å². The molecule has 2 N–H and O–H groups in total. The van der Waals surface area contributed by atoms with Gasteiger partial charge in [0.1, 0.15) is 5.82 Å². The minimum absolute atomic E-state index is 0.0400. The van der Waals surface area contributed by atoms with Crippen molar-refractivity contribution in [3.05, 3.63) is 35.6 Å². The molecule has 0 aliphatic carbocycles. The maximum absolute atomic E-state index is 13.4. The zero-order valence-corrected chi connectivity index (χ0v) is 11.1.